The third-order valence-electron chi connectivity index (χ3n) is 2.20. The van der Waals surface area contributed by atoms with E-state index in [4.69, 9.17) is 11.6 Å². The van der Waals surface area contributed by atoms with E-state index in [1.807, 2.05) is 32.0 Å². The maximum absolute atomic E-state index is 11.9. The Labute approximate surface area is 121 Å². The third-order valence-corrected chi connectivity index (χ3v) is 3.77. The summed E-state index contributed by atoms with van der Waals surface area (Å²) in [7, 11) is 3.95. The number of carbonyl (C=O) groups is 1. The zero-order valence-electron chi connectivity index (χ0n) is 10.1. The van der Waals surface area contributed by atoms with Crippen molar-refractivity contribution in [1.29, 1.82) is 0 Å². The van der Waals surface area contributed by atoms with Crippen molar-refractivity contribution in [3.8, 4) is 0 Å². The second-order valence-electron chi connectivity index (χ2n) is 4.27. The van der Waals surface area contributed by atoms with Gasteiger partial charge in [0.05, 0.1) is 5.02 Å². The lowest BCUT2D eigenvalue weighted by atomic mass is 10.2. The second-order valence-corrected chi connectivity index (χ2v) is 5.84. The highest BCUT2D eigenvalue weighted by Crippen LogP contribution is 2.19. The van der Waals surface area contributed by atoms with E-state index >= 15 is 0 Å². The molecule has 1 rings (SSSR count). The van der Waals surface area contributed by atoms with Crippen molar-refractivity contribution in [2.45, 2.75) is 13.0 Å². The van der Waals surface area contributed by atoms with Crippen LogP contribution < -0.4 is 5.32 Å². The van der Waals surface area contributed by atoms with E-state index in [0.29, 0.717) is 10.6 Å². The summed E-state index contributed by atoms with van der Waals surface area (Å²) in [5, 5.41) is 3.54. The summed E-state index contributed by atoms with van der Waals surface area (Å²) in [6.45, 7) is 2.79. The monoisotopic (exact) mass is 366 g/mol. The lowest BCUT2D eigenvalue weighted by molar-refractivity contribution is 0.0934. The highest BCUT2D eigenvalue weighted by atomic mass is 127. The van der Waals surface area contributed by atoms with Gasteiger partial charge < -0.3 is 10.2 Å². The lowest BCUT2D eigenvalue weighted by Gasteiger charge is -2.18. The van der Waals surface area contributed by atoms with Crippen molar-refractivity contribution >= 4 is 40.1 Å². The molecular weight excluding hydrogens is 351 g/mol. The van der Waals surface area contributed by atoms with Crippen molar-refractivity contribution in [3.63, 3.8) is 0 Å². The van der Waals surface area contributed by atoms with Gasteiger partial charge in [-0.15, -0.1) is 0 Å². The van der Waals surface area contributed by atoms with Crippen LogP contribution in [-0.2, 0) is 0 Å². The number of likely N-dealkylation sites (N-methyl/N-ethyl adjacent to an activating group) is 1. The number of amides is 1. The van der Waals surface area contributed by atoms with Crippen LogP contribution in [0.1, 0.15) is 17.3 Å². The van der Waals surface area contributed by atoms with E-state index < -0.39 is 0 Å². The standard InChI is InChI=1S/C12H16ClIN2O/c1-8(7-16(2)3)15-12(17)9-4-5-11(14)10(13)6-9/h4-6,8H,7H2,1-3H3,(H,15,17). The summed E-state index contributed by atoms with van der Waals surface area (Å²) in [5.41, 5.74) is 0.598. The van der Waals surface area contributed by atoms with Gasteiger partial charge in [-0.3, -0.25) is 4.79 Å². The summed E-state index contributed by atoms with van der Waals surface area (Å²) in [6, 6.07) is 5.43. The second kappa shape index (κ2) is 6.56. The van der Waals surface area contributed by atoms with Crippen LogP contribution in [0.5, 0.6) is 0 Å². The Bertz CT molecular complexity index is 409. The molecule has 0 aliphatic carbocycles. The van der Waals surface area contributed by atoms with Gasteiger partial charge in [0.1, 0.15) is 0 Å². The Balaban J connectivity index is 2.66. The van der Waals surface area contributed by atoms with Crippen molar-refractivity contribution in [2.24, 2.45) is 0 Å². The first-order valence-electron chi connectivity index (χ1n) is 5.31. The molecule has 0 heterocycles. The van der Waals surface area contributed by atoms with E-state index in [9.17, 15) is 4.79 Å². The smallest absolute Gasteiger partial charge is 0.251 e. The number of carbonyl (C=O) groups excluding carboxylic acids is 1. The Morgan fingerprint density at radius 1 is 1.53 bits per heavy atom. The van der Waals surface area contributed by atoms with E-state index in [2.05, 4.69) is 27.9 Å². The minimum Gasteiger partial charge on any atom is -0.348 e. The molecule has 1 unspecified atom stereocenters. The number of hydrogen-bond donors (Lipinski definition) is 1. The molecule has 17 heavy (non-hydrogen) atoms. The fourth-order valence-electron chi connectivity index (χ4n) is 1.54. The highest BCUT2D eigenvalue weighted by molar-refractivity contribution is 14.1. The summed E-state index contributed by atoms with van der Waals surface area (Å²) >= 11 is 8.12. The molecule has 1 aromatic carbocycles. The van der Waals surface area contributed by atoms with Crippen molar-refractivity contribution in [2.75, 3.05) is 20.6 Å². The zero-order chi connectivity index (χ0) is 13.0. The van der Waals surface area contributed by atoms with E-state index in [1.165, 1.54) is 0 Å². The van der Waals surface area contributed by atoms with E-state index in [0.717, 1.165) is 10.1 Å². The molecule has 0 saturated carbocycles. The van der Waals surface area contributed by atoms with Gasteiger partial charge in [-0.2, -0.15) is 0 Å². The molecule has 0 aliphatic rings. The summed E-state index contributed by atoms with van der Waals surface area (Å²) in [6.07, 6.45) is 0. The minimum absolute atomic E-state index is 0.0855. The first-order chi connectivity index (χ1) is 7.90. The normalized spacial score (nSPS) is 12.6. The van der Waals surface area contributed by atoms with Crippen LogP contribution in [0.25, 0.3) is 0 Å². The highest BCUT2D eigenvalue weighted by Gasteiger charge is 2.11. The van der Waals surface area contributed by atoms with Crippen molar-refractivity contribution in [1.82, 2.24) is 10.2 Å². The minimum atomic E-state index is -0.0855. The number of benzene rings is 1. The van der Waals surface area contributed by atoms with Crippen molar-refractivity contribution in [3.05, 3.63) is 32.4 Å². The van der Waals surface area contributed by atoms with E-state index in [1.54, 1.807) is 12.1 Å². The van der Waals surface area contributed by atoms with Gasteiger partial charge in [0, 0.05) is 21.7 Å². The van der Waals surface area contributed by atoms with Crippen molar-refractivity contribution < 1.29 is 4.79 Å². The van der Waals surface area contributed by atoms with Crippen LogP contribution in [0.3, 0.4) is 0 Å². The van der Waals surface area contributed by atoms with Gasteiger partial charge in [0.2, 0.25) is 0 Å². The quantitative estimate of drug-likeness (QED) is 0.831. The van der Waals surface area contributed by atoms with Crippen LogP contribution in [-0.4, -0.2) is 37.5 Å². The average molecular weight is 367 g/mol. The molecule has 1 atom stereocenters. The molecule has 0 aliphatic heterocycles. The van der Waals surface area contributed by atoms with Gasteiger partial charge in [-0.05, 0) is 61.8 Å². The van der Waals surface area contributed by atoms with Gasteiger partial charge in [-0.1, -0.05) is 11.6 Å². The largest absolute Gasteiger partial charge is 0.348 e. The van der Waals surface area contributed by atoms with Crippen LogP contribution in [0.15, 0.2) is 18.2 Å². The molecule has 0 spiro atoms. The first kappa shape index (κ1) is 14.7. The molecular formula is C12H16ClIN2O. The van der Waals surface area contributed by atoms with Crippen LogP contribution in [0.4, 0.5) is 0 Å². The summed E-state index contributed by atoms with van der Waals surface area (Å²) in [4.78, 5) is 13.9. The molecule has 0 saturated heterocycles. The zero-order valence-corrected chi connectivity index (χ0v) is 13.0. The first-order valence-corrected chi connectivity index (χ1v) is 6.76. The van der Waals surface area contributed by atoms with Gasteiger partial charge >= 0.3 is 0 Å². The molecule has 3 nitrogen and oxygen atoms in total. The lowest BCUT2D eigenvalue weighted by Crippen LogP contribution is -2.39. The van der Waals surface area contributed by atoms with Gasteiger partial charge in [0.25, 0.3) is 5.91 Å². The molecule has 0 bridgehead atoms. The molecule has 0 fully saturated rings. The number of nitrogens with one attached hydrogen (secondary N) is 1. The summed E-state index contributed by atoms with van der Waals surface area (Å²) in [5.74, 6) is -0.0855. The van der Waals surface area contributed by atoms with Crippen LogP contribution in [0, 0.1) is 3.57 Å². The summed E-state index contributed by atoms with van der Waals surface area (Å²) < 4.78 is 0.946. The van der Waals surface area contributed by atoms with Gasteiger partial charge in [0.15, 0.2) is 0 Å². The average Bonchev–Trinajstić information content (AvgIpc) is 2.20. The molecule has 1 N–H and O–H groups in total. The molecule has 94 valence electrons. The Morgan fingerprint density at radius 3 is 2.71 bits per heavy atom. The molecule has 5 heteroatoms. The Hall–Kier alpha value is -0.330. The number of hydrogen-bond acceptors (Lipinski definition) is 2. The Morgan fingerprint density at radius 2 is 2.18 bits per heavy atom. The fraction of sp³-hybridized carbons (Fsp3) is 0.417. The number of rotatable bonds is 4. The molecule has 0 aromatic heterocycles. The maximum Gasteiger partial charge on any atom is 0.251 e. The number of nitrogens with zero attached hydrogens (tertiary/aromatic N) is 1. The topological polar surface area (TPSA) is 32.3 Å². The van der Waals surface area contributed by atoms with E-state index in [-0.39, 0.29) is 11.9 Å². The molecule has 1 amide bonds. The van der Waals surface area contributed by atoms with Crippen LogP contribution >= 0.6 is 34.2 Å². The predicted octanol–water partition coefficient (Wildman–Crippen LogP) is 2.62. The third kappa shape index (κ3) is 4.81. The predicted molar refractivity (Wildman–Crippen MR) is 79.7 cm³/mol. The SMILES string of the molecule is CC(CN(C)C)NC(=O)c1ccc(I)c(Cl)c1. The Kier molecular flexibility index (Phi) is 5.69. The van der Waals surface area contributed by atoms with Crippen LogP contribution in [0.2, 0.25) is 5.02 Å². The number of halogens is 2. The molecule has 1 aromatic rings. The van der Waals surface area contributed by atoms with Gasteiger partial charge in [-0.25, -0.2) is 0 Å². The molecule has 0 radical (unpaired) electrons. The fourth-order valence-corrected chi connectivity index (χ4v) is 2.05. The maximum atomic E-state index is 11.9.